The molecular formula is C38H43FN6O6. The number of carbonyl (C=O) groups excluding carboxylic acids is 4. The number of halogens is 1. The number of pyridine rings is 1. The summed E-state index contributed by atoms with van der Waals surface area (Å²) < 4.78 is 29.1. The standard InChI is InChI=1S/C38H43FN6O6/c1-23(2)7-9-40-37(48)26-14-27-16-31(15-26)51-30-13-25(12-28(39)17-30)22-50-33-8-11-44(20-32(33)42-34(46)21-43(4)38(27)49)35(47)18-29-19-41-36-24(3)6-5-10-45(29)36/h5-6,10,12-17,19,23,32-33H,7-9,11,18,20-22H2,1-4H3,(H,40,48)(H,42,46)/t32-,33+/m1/s1. The Balaban J connectivity index is 1.24. The summed E-state index contributed by atoms with van der Waals surface area (Å²) in [4.78, 5) is 61.2. The molecule has 268 valence electrons. The first kappa shape index (κ1) is 35.5. The van der Waals surface area contributed by atoms with Gasteiger partial charge in [-0.15, -0.1) is 0 Å². The van der Waals surface area contributed by atoms with Gasteiger partial charge < -0.3 is 34.3 Å². The van der Waals surface area contributed by atoms with E-state index in [4.69, 9.17) is 9.47 Å². The zero-order valence-electron chi connectivity index (χ0n) is 29.3. The predicted molar refractivity (Wildman–Crippen MR) is 187 cm³/mol. The quantitative estimate of drug-likeness (QED) is 0.307. The summed E-state index contributed by atoms with van der Waals surface area (Å²) in [5.74, 6) is -1.33. The van der Waals surface area contributed by atoms with Gasteiger partial charge in [0, 0.05) is 56.3 Å². The van der Waals surface area contributed by atoms with Gasteiger partial charge >= 0.3 is 0 Å². The lowest BCUT2D eigenvalue weighted by Crippen LogP contribution is -2.58. The molecule has 4 heterocycles. The van der Waals surface area contributed by atoms with Gasteiger partial charge in [0.15, 0.2) is 0 Å². The van der Waals surface area contributed by atoms with Gasteiger partial charge in [-0.05, 0) is 73.2 Å². The summed E-state index contributed by atoms with van der Waals surface area (Å²) in [6.07, 6.45) is 4.39. The van der Waals surface area contributed by atoms with Crippen LogP contribution in [0.25, 0.3) is 5.65 Å². The number of aryl methyl sites for hydroxylation is 1. The summed E-state index contributed by atoms with van der Waals surface area (Å²) in [5, 5.41) is 5.86. The van der Waals surface area contributed by atoms with E-state index in [-0.39, 0.29) is 54.7 Å². The largest absolute Gasteiger partial charge is 0.457 e. The Bertz CT molecular complexity index is 1960. The number of fused-ring (bicyclic) bond motifs is 6. The number of aromatic nitrogens is 2. The van der Waals surface area contributed by atoms with E-state index in [9.17, 15) is 23.6 Å². The molecule has 12 nitrogen and oxygen atoms in total. The van der Waals surface area contributed by atoms with Crippen molar-refractivity contribution in [2.75, 3.05) is 33.2 Å². The van der Waals surface area contributed by atoms with Gasteiger partial charge in [0.05, 0.1) is 37.4 Å². The number of benzene rings is 2. The molecule has 0 radical (unpaired) electrons. The second-order valence-corrected chi connectivity index (χ2v) is 13.7. The number of amides is 4. The number of hydrogen-bond acceptors (Lipinski definition) is 7. The van der Waals surface area contributed by atoms with Gasteiger partial charge in [-0.25, -0.2) is 9.37 Å². The van der Waals surface area contributed by atoms with E-state index >= 15 is 0 Å². The summed E-state index contributed by atoms with van der Waals surface area (Å²) in [6.45, 7) is 6.81. The maximum atomic E-state index is 14.9. The highest BCUT2D eigenvalue weighted by Gasteiger charge is 2.34. The predicted octanol–water partition coefficient (Wildman–Crippen LogP) is 4.28. The maximum absolute atomic E-state index is 14.9. The molecule has 0 spiro atoms. The van der Waals surface area contributed by atoms with Crippen LogP contribution < -0.4 is 15.4 Å². The molecule has 4 amide bonds. The molecule has 1 fully saturated rings. The number of piperidine rings is 1. The topological polar surface area (TPSA) is 135 Å². The molecule has 4 bridgehead atoms. The van der Waals surface area contributed by atoms with Crippen LogP contribution in [0, 0.1) is 18.7 Å². The number of likely N-dealkylation sites (N-methyl/N-ethyl adjacent to an activating group) is 1. The van der Waals surface area contributed by atoms with Crippen molar-refractivity contribution in [3.8, 4) is 11.5 Å². The van der Waals surface area contributed by atoms with Crippen LogP contribution in [0.2, 0.25) is 0 Å². The van der Waals surface area contributed by atoms with E-state index in [1.165, 1.54) is 42.3 Å². The molecule has 2 aromatic carbocycles. The second-order valence-electron chi connectivity index (χ2n) is 13.7. The molecule has 1 saturated heterocycles. The molecule has 2 aliphatic rings. The highest BCUT2D eigenvalue weighted by Crippen LogP contribution is 2.28. The number of nitrogens with zero attached hydrogens (tertiary/aromatic N) is 4. The van der Waals surface area contributed by atoms with Crippen molar-refractivity contribution in [1.82, 2.24) is 29.8 Å². The van der Waals surface area contributed by atoms with Crippen LogP contribution in [-0.2, 0) is 27.4 Å². The molecule has 0 unspecified atom stereocenters. The first-order valence-corrected chi connectivity index (χ1v) is 17.2. The van der Waals surface area contributed by atoms with Gasteiger partial charge in [0.25, 0.3) is 11.8 Å². The Kier molecular flexibility index (Phi) is 10.7. The summed E-state index contributed by atoms with van der Waals surface area (Å²) in [6, 6.07) is 11.8. The monoisotopic (exact) mass is 698 g/mol. The highest BCUT2D eigenvalue weighted by atomic mass is 19.1. The van der Waals surface area contributed by atoms with Gasteiger partial charge in [-0.1, -0.05) is 19.9 Å². The average Bonchev–Trinajstić information content (AvgIpc) is 3.49. The first-order chi connectivity index (χ1) is 24.4. The fraction of sp³-hybridized carbons (Fsp3) is 0.395. The van der Waals surface area contributed by atoms with Crippen LogP contribution >= 0.6 is 0 Å². The van der Waals surface area contributed by atoms with Gasteiger partial charge in [0.2, 0.25) is 11.8 Å². The lowest BCUT2D eigenvalue weighted by atomic mass is 10.0. The minimum absolute atomic E-state index is 0.0161. The SMILES string of the molecule is Cc1cccn2c(CC(=O)N3CC[C@@H]4OCc5cc(F)cc(c5)Oc5cc(C(=O)NCCC(C)C)cc(c5)C(=O)N(C)CC(=O)N[C@@H]4C3)cnc12. The van der Waals surface area contributed by atoms with Crippen molar-refractivity contribution in [1.29, 1.82) is 0 Å². The van der Waals surface area contributed by atoms with Crippen molar-refractivity contribution in [3.05, 3.63) is 94.7 Å². The Hall–Kier alpha value is -5.30. The Morgan fingerprint density at radius 2 is 1.92 bits per heavy atom. The fourth-order valence-corrected chi connectivity index (χ4v) is 6.45. The third kappa shape index (κ3) is 8.54. The molecule has 0 aliphatic carbocycles. The molecule has 2 aliphatic heterocycles. The van der Waals surface area contributed by atoms with Crippen LogP contribution in [0.1, 0.15) is 64.2 Å². The Morgan fingerprint density at radius 1 is 1.12 bits per heavy atom. The number of likely N-dealkylation sites (tertiary alicyclic amines) is 1. The molecule has 2 N–H and O–H groups in total. The van der Waals surface area contributed by atoms with Crippen LogP contribution in [0.4, 0.5) is 4.39 Å². The van der Waals surface area contributed by atoms with Crippen LogP contribution in [0.3, 0.4) is 0 Å². The molecule has 6 rings (SSSR count). The zero-order chi connectivity index (χ0) is 36.2. The lowest BCUT2D eigenvalue weighted by Gasteiger charge is -2.39. The van der Waals surface area contributed by atoms with Crippen molar-refractivity contribution in [3.63, 3.8) is 0 Å². The molecule has 2 atom stereocenters. The minimum Gasteiger partial charge on any atom is -0.457 e. The lowest BCUT2D eigenvalue weighted by molar-refractivity contribution is -0.136. The van der Waals surface area contributed by atoms with E-state index in [1.807, 2.05) is 29.7 Å². The molecular weight excluding hydrogens is 655 g/mol. The number of ether oxygens (including phenoxy) is 2. The van der Waals surface area contributed by atoms with Crippen molar-refractivity contribution < 1.29 is 33.0 Å². The van der Waals surface area contributed by atoms with E-state index in [0.717, 1.165) is 23.3 Å². The number of hydrogen-bond donors (Lipinski definition) is 2. The van der Waals surface area contributed by atoms with Crippen LogP contribution in [0.15, 0.2) is 60.9 Å². The van der Waals surface area contributed by atoms with Gasteiger partial charge in [0.1, 0.15) is 23.0 Å². The highest BCUT2D eigenvalue weighted by molar-refractivity contribution is 6.01. The number of nitrogens with one attached hydrogen (secondary N) is 2. The van der Waals surface area contributed by atoms with Gasteiger partial charge in [-0.3, -0.25) is 19.2 Å². The average molecular weight is 699 g/mol. The molecule has 13 heteroatoms. The molecule has 4 aromatic rings. The van der Waals surface area contributed by atoms with Crippen molar-refractivity contribution in [2.45, 2.75) is 58.8 Å². The van der Waals surface area contributed by atoms with E-state index < -0.39 is 35.7 Å². The first-order valence-electron chi connectivity index (χ1n) is 17.2. The summed E-state index contributed by atoms with van der Waals surface area (Å²) >= 11 is 0. The van der Waals surface area contributed by atoms with E-state index in [0.29, 0.717) is 31.0 Å². The van der Waals surface area contributed by atoms with E-state index in [2.05, 4.69) is 29.5 Å². The summed E-state index contributed by atoms with van der Waals surface area (Å²) in [7, 11) is 1.49. The normalized spacial score (nSPS) is 18.3. The molecule has 2 aromatic heterocycles. The third-order valence-corrected chi connectivity index (χ3v) is 9.17. The minimum atomic E-state index is -0.607. The second kappa shape index (κ2) is 15.3. The maximum Gasteiger partial charge on any atom is 0.254 e. The molecule has 51 heavy (non-hydrogen) atoms. The Morgan fingerprint density at radius 3 is 2.73 bits per heavy atom. The zero-order valence-corrected chi connectivity index (χ0v) is 29.3. The number of carbonyl (C=O) groups is 4. The van der Waals surface area contributed by atoms with Crippen LogP contribution in [0.5, 0.6) is 11.5 Å². The van der Waals surface area contributed by atoms with Crippen molar-refractivity contribution >= 4 is 29.3 Å². The number of imidazole rings is 1. The fourth-order valence-electron chi connectivity index (χ4n) is 6.45. The molecule has 0 saturated carbocycles. The van der Waals surface area contributed by atoms with Crippen LogP contribution in [-0.4, -0.2) is 88.2 Å². The third-order valence-electron chi connectivity index (χ3n) is 9.17. The Labute approximate surface area is 295 Å². The van der Waals surface area contributed by atoms with Crippen molar-refractivity contribution in [2.24, 2.45) is 5.92 Å². The van der Waals surface area contributed by atoms with Gasteiger partial charge in [-0.2, -0.15) is 0 Å². The number of rotatable bonds is 6. The van der Waals surface area contributed by atoms with E-state index in [1.54, 1.807) is 17.2 Å². The summed E-state index contributed by atoms with van der Waals surface area (Å²) in [5.41, 5.74) is 3.34. The smallest absolute Gasteiger partial charge is 0.254 e.